The largest absolute Gasteiger partial charge is 0.447 e. The van der Waals surface area contributed by atoms with Gasteiger partial charge in [-0.1, -0.05) is 168 Å². The molecule has 0 aromatic rings. The highest BCUT2D eigenvalue weighted by molar-refractivity contribution is 5.67. The second-order valence-electron chi connectivity index (χ2n) is 15.0. The summed E-state index contributed by atoms with van der Waals surface area (Å²) >= 11 is 0. The number of amides is 1. The molecule has 0 saturated heterocycles. The van der Waals surface area contributed by atoms with Crippen LogP contribution in [-0.4, -0.2) is 69.7 Å². The van der Waals surface area contributed by atoms with Gasteiger partial charge in [-0.05, 0) is 77.3 Å². The fraction of sp³-hybridized carbons (Fsp3) is 0.891. The first kappa shape index (κ1) is 50.6. The molecular formula is C46H90N2O4. The lowest BCUT2D eigenvalue weighted by atomic mass is 10.1. The number of alkyl carbamates (subject to hydrolysis) is 1. The first-order valence-corrected chi connectivity index (χ1v) is 22.8. The molecular weight excluding hydrogens is 645 g/mol. The minimum Gasteiger partial charge on any atom is -0.447 e. The van der Waals surface area contributed by atoms with Gasteiger partial charge in [-0.25, -0.2) is 4.79 Å². The number of hydrogen-bond donors (Lipinski definition) is 1. The number of carbonyl (C=O) groups is 1. The first-order chi connectivity index (χ1) is 25.7. The fourth-order valence-corrected chi connectivity index (χ4v) is 6.49. The maximum Gasteiger partial charge on any atom is 0.407 e. The summed E-state index contributed by atoms with van der Waals surface area (Å²) < 4.78 is 17.7. The zero-order chi connectivity index (χ0) is 37.8. The van der Waals surface area contributed by atoms with Crippen molar-refractivity contribution in [2.45, 2.75) is 214 Å². The molecule has 0 radical (unpaired) electrons. The molecule has 0 aromatic heterocycles. The van der Waals surface area contributed by atoms with Crippen molar-refractivity contribution in [3.8, 4) is 0 Å². The van der Waals surface area contributed by atoms with Crippen LogP contribution in [0.5, 0.6) is 0 Å². The molecule has 52 heavy (non-hydrogen) atoms. The van der Waals surface area contributed by atoms with Crippen LogP contribution in [0, 0.1) is 0 Å². The van der Waals surface area contributed by atoms with Crippen LogP contribution in [0.15, 0.2) is 24.3 Å². The van der Waals surface area contributed by atoms with Gasteiger partial charge in [0, 0.05) is 26.3 Å². The molecule has 0 aliphatic rings. The molecule has 0 heterocycles. The molecule has 6 heteroatoms. The van der Waals surface area contributed by atoms with E-state index in [4.69, 9.17) is 14.2 Å². The number of ether oxygens (including phenoxy) is 3. The van der Waals surface area contributed by atoms with Crippen molar-refractivity contribution in [3.63, 3.8) is 0 Å². The molecule has 0 rings (SSSR count). The Bertz CT molecular complexity index is 755. The van der Waals surface area contributed by atoms with Crippen molar-refractivity contribution in [2.75, 3.05) is 52.6 Å². The van der Waals surface area contributed by atoms with Gasteiger partial charge < -0.3 is 24.4 Å². The molecule has 1 N–H and O–H groups in total. The molecule has 0 saturated carbocycles. The van der Waals surface area contributed by atoms with Gasteiger partial charge in [0.1, 0.15) is 12.7 Å². The third-order valence-corrected chi connectivity index (χ3v) is 10.1. The van der Waals surface area contributed by atoms with Crippen molar-refractivity contribution in [1.29, 1.82) is 0 Å². The normalized spacial score (nSPS) is 12.5. The van der Waals surface area contributed by atoms with E-state index in [-0.39, 0.29) is 18.8 Å². The maximum atomic E-state index is 12.3. The van der Waals surface area contributed by atoms with Gasteiger partial charge >= 0.3 is 6.09 Å². The summed E-state index contributed by atoms with van der Waals surface area (Å²) in [5.74, 6) is 0. The predicted molar refractivity (Wildman–Crippen MR) is 227 cm³/mol. The van der Waals surface area contributed by atoms with Crippen LogP contribution in [0.2, 0.25) is 0 Å². The van der Waals surface area contributed by atoms with Crippen LogP contribution in [-0.2, 0) is 14.2 Å². The molecule has 0 aliphatic carbocycles. The van der Waals surface area contributed by atoms with Gasteiger partial charge in [-0.15, -0.1) is 0 Å². The molecule has 0 fully saturated rings. The predicted octanol–water partition coefficient (Wildman–Crippen LogP) is 13.5. The third kappa shape index (κ3) is 39.8. The molecule has 1 amide bonds. The molecule has 1 atom stereocenters. The Kier molecular flexibility index (Phi) is 42.9. The minimum atomic E-state index is -0.369. The van der Waals surface area contributed by atoms with Crippen LogP contribution < -0.4 is 5.32 Å². The van der Waals surface area contributed by atoms with Gasteiger partial charge in [-0.3, -0.25) is 0 Å². The molecule has 0 aliphatic heterocycles. The monoisotopic (exact) mass is 735 g/mol. The molecule has 6 nitrogen and oxygen atoms in total. The summed E-state index contributed by atoms with van der Waals surface area (Å²) in [4.78, 5) is 14.6. The first-order valence-electron chi connectivity index (χ1n) is 22.8. The van der Waals surface area contributed by atoms with Crippen molar-refractivity contribution >= 4 is 6.09 Å². The van der Waals surface area contributed by atoms with Crippen LogP contribution >= 0.6 is 0 Å². The van der Waals surface area contributed by atoms with Crippen molar-refractivity contribution in [1.82, 2.24) is 10.2 Å². The Hall–Kier alpha value is -1.37. The SMILES string of the molecule is CCCCCCCC/C=C\CCCCCCCCOCC(COC(=O)NCCN(CC)CC)OCCCCCCCC/C=C\CCCCCCCC. The minimum absolute atomic E-state index is 0.217. The summed E-state index contributed by atoms with van der Waals surface area (Å²) in [5, 5.41) is 2.88. The molecule has 308 valence electrons. The smallest absolute Gasteiger partial charge is 0.407 e. The van der Waals surface area contributed by atoms with Crippen LogP contribution in [0.25, 0.3) is 0 Å². The third-order valence-electron chi connectivity index (χ3n) is 10.1. The second-order valence-corrected chi connectivity index (χ2v) is 15.0. The average molecular weight is 735 g/mol. The topological polar surface area (TPSA) is 60.0 Å². The molecule has 0 spiro atoms. The van der Waals surface area contributed by atoms with Crippen molar-refractivity contribution in [3.05, 3.63) is 24.3 Å². The lowest BCUT2D eigenvalue weighted by molar-refractivity contribution is -0.0468. The van der Waals surface area contributed by atoms with Crippen LogP contribution in [0.1, 0.15) is 207 Å². The summed E-state index contributed by atoms with van der Waals surface area (Å²) in [7, 11) is 0. The average Bonchev–Trinajstić information content (AvgIpc) is 3.15. The molecule has 0 bridgehead atoms. The van der Waals surface area contributed by atoms with E-state index >= 15 is 0 Å². The molecule has 1 unspecified atom stereocenters. The van der Waals surface area contributed by atoms with Crippen LogP contribution in [0.4, 0.5) is 4.79 Å². The van der Waals surface area contributed by atoms with Crippen molar-refractivity contribution < 1.29 is 19.0 Å². The molecule has 0 aromatic carbocycles. The van der Waals surface area contributed by atoms with Gasteiger partial charge in [0.25, 0.3) is 0 Å². The highest BCUT2D eigenvalue weighted by Crippen LogP contribution is 2.12. The number of unbranched alkanes of at least 4 members (excludes halogenated alkanes) is 24. The number of rotatable bonds is 42. The number of hydrogen-bond acceptors (Lipinski definition) is 5. The van der Waals surface area contributed by atoms with E-state index in [9.17, 15) is 4.79 Å². The number of likely N-dealkylation sites (N-methyl/N-ethyl adjacent to an activating group) is 1. The number of allylic oxidation sites excluding steroid dienone is 4. The number of nitrogens with one attached hydrogen (secondary N) is 1. The van der Waals surface area contributed by atoms with Gasteiger partial charge in [-0.2, -0.15) is 0 Å². The highest BCUT2D eigenvalue weighted by Gasteiger charge is 2.13. The number of nitrogens with zero attached hydrogens (tertiary/aromatic N) is 1. The fourth-order valence-electron chi connectivity index (χ4n) is 6.49. The Morgan fingerprint density at radius 1 is 0.519 bits per heavy atom. The van der Waals surface area contributed by atoms with E-state index in [1.54, 1.807) is 0 Å². The Balaban J connectivity index is 4.05. The summed E-state index contributed by atoms with van der Waals surface area (Å²) in [6.45, 7) is 14.4. The van der Waals surface area contributed by atoms with Gasteiger partial charge in [0.15, 0.2) is 0 Å². The standard InChI is InChI=1S/C46H90N2O4/c1-5-9-11-13-15-17-19-21-23-25-27-29-31-33-35-37-41-50-43-45(44-52-46(49)47-39-40-48(7-3)8-4)51-42-38-36-34-32-30-28-26-24-22-20-18-16-14-12-10-6-2/h21-24,45H,5-20,25-44H2,1-4H3,(H,47,49)/b23-21-,24-22-. The summed E-state index contributed by atoms with van der Waals surface area (Å²) in [6, 6.07) is 0. The highest BCUT2D eigenvalue weighted by atomic mass is 16.6. The van der Waals surface area contributed by atoms with Gasteiger partial charge in [0.05, 0.1) is 6.61 Å². The van der Waals surface area contributed by atoms with E-state index in [2.05, 4.69) is 62.2 Å². The van der Waals surface area contributed by atoms with E-state index < -0.39 is 0 Å². The van der Waals surface area contributed by atoms with Crippen molar-refractivity contribution in [2.24, 2.45) is 0 Å². The Morgan fingerprint density at radius 3 is 1.37 bits per heavy atom. The maximum absolute atomic E-state index is 12.3. The zero-order valence-electron chi connectivity index (χ0n) is 35.4. The van der Waals surface area contributed by atoms with Crippen LogP contribution in [0.3, 0.4) is 0 Å². The lowest BCUT2D eigenvalue weighted by Gasteiger charge is -2.20. The lowest BCUT2D eigenvalue weighted by Crippen LogP contribution is -2.36. The Labute approximate surface area is 325 Å². The van der Waals surface area contributed by atoms with E-state index in [0.29, 0.717) is 19.8 Å². The summed E-state index contributed by atoms with van der Waals surface area (Å²) in [6.07, 6.45) is 45.4. The van der Waals surface area contributed by atoms with E-state index in [0.717, 1.165) is 39.1 Å². The zero-order valence-corrected chi connectivity index (χ0v) is 35.4. The summed E-state index contributed by atoms with van der Waals surface area (Å²) in [5.41, 5.74) is 0. The van der Waals surface area contributed by atoms with Gasteiger partial charge in [0.2, 0.25) is 0 Å². The Morgan fingerprint density at radius 2 is 0.923 bits per heavy atom. The van der Waals surface area contributed by atoms with E-state index in [1.807, 2.05) is 0 Å². The second kappa shape index (κ2) is 44.0. The quantitative estimate of drug-likeness (QED) is 0.0500. The number of carbonyl (C=O) groups excluding carboxylic acids is 1. The van der Waals surface area contributed by atoms with E-state index in [1.165, 1.54) is 167 Å².